The van der Waals surface area contributed by atoms with Crippen molar-refractivity contribution < 1.29 is 5.11 Å². The van der Waals surface area contributed by atoms with Gasteiger partial charge in [0.2, 0.25) is 0 Å². The van der Waals surface area contributed by atoms with E-state index in [0.717, 1.165) is 19.6 Å². The van der Waals surface area contributed by atoms with Crippen molar-refractivity contribution in [3.05, 3.63) is 12.7 Å². The minimum absolute atomic E-state index is 0.147. The molecule has 13 heavy (non-hydrogen) atoms. The Kier molecular flexibility index (Phi) is 3.47. The van der Waals surface area contributed by atoms with Gasteiger partial charge in [-0.05, 0) is 13.8 Å². The zero-order valence-corrected chi connectivity index (χ0v) is 8.58. The van der Waals surface area contributed by atoms with Crippen LogP contribution in [0.5, 0.6) is 0 Å². The van der Waals surface area contributed by atoms with Crippen molar-refractivity contribution in [1.29, 1.82) is 0 Å². The summed E-state index contributed by atoms with van der Waals surface area (Å²) >= 11 is 0. The first-order valence-corrected chi connectivity index (χ1v) is 4.80. The largest absolute Gasteiger partial charge is 0.395 e. The Morgan fingerprint density at radius 1 is 1.69 bits per heavy atom. The summed E-state index contributed by atoms with van der Waals surface area (Å²) in [5, 5.41) is 12.6. The van der Waals surface area contributed by atoms with E-state index in [1.807, 2.05) is 6.08 Å². The molecule has 76 valence electrons. The molecule has 1 aliphatic heterocycles. The van der Waals surface area contributed by atoms with Crippen molar-refractivity contribution in [1.82, 2.24) is 10.2 Å². The van der Waals surface area contributed by atoms with E-state index in [0.29, 0.717) is 0 Å². The standard InChI is InChI=1S/C10H20N2O/c1-4-5-12-8-10(2,3)11-6-9(12)7-13/h4,9,11,13H,1,5-8H2,2-3H3. The van der Waals surface area contributed by atoms with Crippen LogP contribution in [0.25, 0.3) is 0 Å². The Bertz CT molecular complexity index is 180. The van der Waals surface area contributed by atoms with E-state index >= 15 is 0 Å². The molecule has 1 heterocycles. The van der Waals surface area contributed by atoms with Gasteiger partial charge in [0.05, 0.1) is 6.61 Å². The van der Waals surface area contributed by atoms with E-state index in [9.17, 15) is 0 Å². The third-order valence-corrected chi connectivity index (χ3v) is 2.51. The van der Waals surface area contributed by atoms with Gasteiger partial charge in [-0.3, -0.25) is 4.90 Å². The summed E-state index contributed by atoms with van der Waals surface area (Å²) in [6.45, 7) is 11.0. The fourth-order valence-corrected chi connectivity index (χ4v) is 1.78. The Hall–Kier alpha value is -0.380. The molecule has 1 unspecified atom stereocenters. The van der Waals surface area contributed by atoms with Gasteiger partial charge in [-0.2, -0.15) is 0 Å². The Labute approximate surface area is 80.4 Å². The molecule has 0 radical (unpaired) electrons. The molecule has 1 saturated heterocycles. The molecule has 0 amide bonds. The second-order valence-electron chi connectivity index (χ2n) is 4.32. The lowest BCUT2D eigenvalue weighted by atomic mass is 9.99. The quantitative estimate of drug-likeness (QED) is 0.616. The topological polar surface area (TPSA) is 35.5 Å². The molecule has 0 aliphatic carbocycles. The molecular formula is C10H20N2O. The van der Waals surface area contributed by atoms with Crippen LogP contribution in [0.1, 0.15) is 13.8 Å². The highest BCUT2D eigenvalue weighted by atomic mass is 16.3. The Morgan fingerprint density at radius 3 is 2.92 bits per heavy atom. The fourth-order valence-electron chi connectivity index (χ4n) is 1.78. The van der Waals surface area contributed by atoms with Crippen LogP contribution >= 0.6 is 0 Å². The number of nitrogens with zero attached hydrogens (tertiary/aromatic N) is 1. The molecule has 0 aromatic heterocycles. The molecule has 1 atom stereocenters. The van der Waals surface area contributed by atoms with Crippen LogP contribution in [-0.2, 0) is 0 Å². The summed E-state index contributed by atoms with van der Waals surface area (Å²) in [6, 6.07) is 0.242. The highest BCUT2D eigenvalue weighted by Crippen LogP contribution is 2.14. The number of piperazine rings is 1. The van der Waals surface area contributed by atoms with Crippen LogP contribution in [0.15, 0.2) is 12.7 Å². The van der Waals surface area contributed by atoms with Crippen LogP contribution < -0.4 is 5.32 Å². The van der Waals surface area contributed by atoms with Crippen molar-refractivity contribution in [2.24, 2.45) is 0 Å². The van der Waals surface area contributed by atoms with Crippen LogP contribution in [0.3, 0.4) is 0 Å². The van der Waals surface area contributed by atoms with E-state index in [-0.39, 0.29) is 18.2 Å². The maximum atomic E-state index is 9.14. The minimum atomic E-state index is 0.147. The molecule has 1 aliphatic rings. The van der Waals surface area contributed by atoms with Crippen molar-refractivity contribution >= 4 is 0 Å². The highest BCUT2D eigenvalue weighted by Gasteiger charge is 2.30. The molecular weight excluding hydrogens is 164 g/mol. The monoisotopic (exact) mass is 184 g/mol. The lowest BCUT2D eigenvalue weighted by molar-refractivity contribution is 0.0666. The summed E-state index contributed by atoms with van der Waals surface area (Å²) in [5.41, 5.74) is 0.147. The molecule has 3 nitrogen and oxygen atoms in total. The zero-order chi connectivity index (χ0) is 9.90. The predicted octanol–water partition coefficient (Wildman–Crippen LogP) is 0.217. The number of hydrogen-bond acceptors (Lipinski definition) is 3. The van der Waals surface area contributed by atoms with Crippen LogP contribution in [0.4, 0.5) is 0 Å². The summed E-state index contributed by atoms with van der Waals surface area (Å²) in [4.78, 5) is 2.27. The summed E-state index contributed by atoms with van der Waals surface area (Å²) in [5.74, 6) is 0. The molecule has 1 fully saturated rings. The van der Waals surface area contributed by atoms with Crippen LogP contribution in [0, 0.1) is 0 Å². The van der Waals surface area contributed by atoms with E-state index in [4.69, 9.17) is 5.11 Å². The zero-order valence-electron chi connectivity index (χ0n) is 8.58. The van der Waals surface area contributed by atoms with Gasteiger partial charge in [-0.1, -0.05) is 6.08 Å². The van der Waals surface area contributed by atoms with E-state index in [1.54, 1.807) is 0 Å². The lowest BCUT2D eigenvalue weighted by Crippen LogP contribution is -2.62. The third kappa shape index (κ3) is 2.79. The van der Waals surface area contributed by atoms with Crippen molar-refractivity contribution in [2.75, 3.05) is 26.2 Å². The number of aliphatic hydroxyl groups excluding tert-OH is 1. The normalized spacial score (nSPS) is 28.7. The second kappa shape index (κ2) is 4.22. The smallest absolute Gasteiger partial charge is 0.0599 e. The van der Waals surface area contributed by atoms with Gasteiger partial charge in [0.1, 0.15) is 0 Å². The molecule has 0 spiro atoms. The van der Waals surface area contributed by atoms with Gasteiger partial charge >= 0.3 is 0 Å². The SMILES string of the molecule is C=CCN1CC(C)(C)NCC1CO. The molecule has 0 bridgehead atoms. The Balaban J connectivity index is 2.57. The van der Waals surface area contributed by atoms with Gasteiger partial charge in [-0.25, -0.2) is 0 Å². The van der Waals surface area contributed by atoms with Crippen LogP contribution in [-0.4, -0.2) is 47.8 Å². The molecule has 0 aromatic rings. The van der Waals surface area contributed by atoms with E-state index in [1.165, 1.54) is 0 Å². The second-order valence-corrected chi connectivity index (χ2v) is 4.32. The van der Waals surface area contributed by atoms with Gasteiger partial charge in [-0.15, -0.1) is 6.58 Å². The van der Waals surface area contributed by atoms with Gasteiger partial charge < -0.3 is 10.4 Å². The molecule has 1 rings (SSSR count). The maximum Gasteiger partial charge on any atom is 0.0599 e. The van der Waals surface area contributed by atoms with E-state index < -0.39 is 0 Å². The van der Waals surface area contributed by atoms with Crippen LogP contribution in [0.2, 0.25) is 0 Å². The first kappa shape index (κ1) is 10.7. The first-order chi connectivity index (χ1) is 6.09. The number of hydrogen-bond donors (Lipinski definition) is 2. The fraction of sp³-hybridized carbons (Fsp3) is 0.800. The van der Waals surface area contributed by atoms with Gasteiger partial charge in [0.15, 0.2) is 0 Å². The lowest BCUT2D eigenvalue weighted by Gasteiger charge is -2.43. The molecule has 0 aromatic carbocycles. The Morgan fingerprint density at radius 2 is 2.38 bits per heavy atom. The molecule has 0 saturated carbocycles. The van der Waals surface area contributed by atoms with Crippen molar-refractivity contribution in [3.63, 3.8) is 0 Å². The average Bonchev–Trinajstić information content (AvgIpc) is 2.04. The van der Waals surface area contributed by atoms with Crippen molar-refractivity contribution in [3.8, 4) is 0 Å². The summed E-state index contributed by atoms with van der Waals surface area (Å²) in [6.07, 6.45) is 1.89. The van der Waals surface area contributed by atoms with Gasteiger partial charge in [0.25, 0.3) is 0 Å². The highest BCUT2D eigenvalue weighted by molar-refractivity contribution is 4.93. The first-order valence-electron chi connectivity index (χ1n) is 4.80. The average molecular weight is 184 g/mol. The molecule has 2 N–H and O–H groups in total. The minimum Gasteiger partial charge on any atom is -0.395 e. The summed E-state index contributed by atoms with van der Waals surface area (Å²) < 4.78 is 0. The third-order valence-electron chi connectivity index (χ3n) is 2.51. The number of nitrogens with one attached hydrogen (secondary N) is 1. The number of rotatable bonds is 3. The summed E-state index contributed by atoms with van der Waals surface area (Å²) in [7, 11) is 0. The van der Waals surface area contributed by atoms with Crippen molar-refractivity contribution in [2.45, 2.75) is 25.4 Å². The maximum absolute atomic E-state index is 9.14. The van der Waals surface area contributed by atoms with E-state index in [2.05, 4.69) is 30.6 Å². The predicted molar refractivity (Wildman–Crippen MR) is 54.7 cm³/mol. The molecule has 3 heteroatoms. The van der Waals surface area contributed by atoms with Gasteiger partial charge in [0, 0.05) is 31.2 Å². The number of aliphatic hydroxyl groups is 1.